The van der Waals surface area contributed by atoms with E-state index in [2.05, 4.69) is 5.32 Å². The second-order valence-corrected chi connectivity index (χ2v) is 4.79. The fraction of sp³-hybridized carbons (Fsp3) is 0.385. The molecule has 1 amide bonds. The van der Waals surface area contributed by atoms with Crippen LogP contribution in [0.15, 0.2) is 18.2 Å². The van der Waals surface area contributed by atoms with Gasteiger partial charge in [0, 0.05) is 6.54 Å². The van der Waals surface area contributed by atoms with Crippen LogP contribution in [0.5, 0.6) is 0 Å². The first-order valence-corrected chi connectivity index (χ1v) is 6.03. The molecule has 0 aliphatic heterocycles. The van der Waals surface area contributed by atoms with Crippen molar-refractivity contribution in [1.82, 2.24) is 0 Å². The van der Waals surface area contributed by atoms with Crippen LogP contribution in [0.1, 0.15) is 29.6 Å². The number of hydrogen-bond acceptors (Lipinski definition) is 3. The quantitative estimate of drug-likeness (QED) is 0.771. The third-order valence-corrected chi connectivity index (χ3v) is 3.64. The zero-order valence-electron chi connectivity index (χ0n) is 10.3. The molecule has 5 nitrogen and oxygen atoms in total. The minimum atomic E-state index is -1.22. The van der Waals surface area contributed by atoms with Gasteiger partial charge in [-0.05, 0) is 31.0 Å². The monoisotopic (exact) mass is 266 g/mol. The van der Waals surface area contributed by atoms with Crippen LogP contribution in [-0.4, -0.2) is 23.5 Å². The van der Waals surface area contributed by atoms with E-state index in [9.17, 15) is 14.0 Å². The number of carboxylic acids is 1. The second kappa shape index (κ2) is 4.97. The molecule has 0 saturated heterocycles. The molecular weight excluding hydrogens is 251 g/mol. The van der Waals surface area contributed by atoms with Crippen LogP contribution in [0.4, 0.5) is 10.1 Å². The molecule has 1 aromatic rings. The molecule has 1 aliphatic carbocycles. The number of amides is 1. The molecule has 19 heavy (non-hydrogen) atoms. The van der Waals surface area contributed by atoms with E-state index in [1.165, 1.54) is 0 Å². The Morgan fingerprint density at radius 1 is 1.42 bits per heavy atom. The van der Waals surface area contributed by atoms with Crippen molar-refractivity contribution in [2.45, 2.75) is 19.3 Å². The lowest BCUT2D eigenvalue weighted by atomic mass is 9.68. The van der Waals surface area contributed by atoms with Crippen LogP contribution in [0.2, 0.25) is 0 Å². The number of rotatable bonds is 4. The number of anilines is 1. The fourth-order valence-corrected chi connectivity index (χ4v) is 2.19. The van der Waals surface area contributed by atoms with E-state index in [4.69, 9.17) is 10.8 Å². The number of aromatic carboxylic acids is 1. The Bertz CT molecular complexity index is 521. The number of nitrogens with one attached hydrogen (secondary N) is 1. The van der Waals surface area contributed by atoms with E-state index in [0.717, 1.165) is 24.6 Å². The molecule has 1 saturated carbocycles. The lowest BCUT2D eigenvalue weighted by Crippen LogP contribution is -2.47. The topological polar surface area (TPSA) is 92.4 Å². The van der Waals surface area contributed by atoms with Gasteiger partial charge in [-0.1, -0.05) is 6.42 Å². The van der Waals surface area contributed by atoms with Gasteiger partial charge < -0.3 is 16.2 Å². The van der Waals surface area contributed by atoms with Crippen molar-refractivity contribution in [1.29, 1.82) is 0 Å². The average molecular weight is 266 g/mol. The first kappa shape index (κ1) is 13.5. The summed E-state index contributed by atoms with van der Waals surface area (Å²) in [6.07, 6.45) is 2.26. The molecule has 0 aromatic heterocycles. The highest BCUT2D eigenvalue weighted by atomic mass is 19.1. The van der Waals surface area contributed by atoms with Gasteiger partial charge in [-0.2, -0.15) is 0 Å². The van der Waals surface area contributed by atoms with Crippen molar-refractivity contribution in [3.05, 3.63) is 29.6 Å². The van der Waals surface area contributed by atoms with Gasteiger partial charge in [-0.15, -0.1) is 0 Å². The summed E-state index contributed by atoms with van der Waals surface area (Å²) in [6, 6.07) is 3.18. The highest BCUT2D eigenvalue weighted by molar-refractivity contribution is 6.02. The van der Waals surface area contributed by atoms with Crippen LogP contribution >= 0.6 is 0 Å². The number of benzene rings is 1. The van der Waals surface area contributed by atoms with Gasteiger partial charge in [0.25, 0.3) is 0 Å². The van der Waals surface area contributed by atoms with E-state index in [0.29, 0.717) is 12.8 Å². The van der Waals surface area contributed by atoms with E-state index in [-0.39, 0.29) is 23.7 Å². The summed E-state index contributed by atoms with van der Waals surface area (Å²) in [5, 5.41) is 11.5. The fourth-order valence-electron chi connectivity index (χ4n) is 2.19. The van der Waals surface area contributed by atoms with Crippen molar-refractivity contribution in [2.24, 2.45) is 11.1 Å². The van der Waals surface area contributed by atoms with Crippen molar-refractivity contribution >= 4 is 17.6 Å². The minimum Gasteiger partial charge on any atom is -0.478 e. The maximum absolute atomic E-state index is 13.2. The minimum absolute atomic E-state index is 0.0303. The predicted molar refractivity (Wildman–Crippen MR) is 67.3 cm³/mol. The molecule has 0 radical (unpaired) electrons. The lowest BCUT2D eigenvalue weighted by Gasteiger charge is -2.39. The summed E-state index contributed by atoms with van der Waals surface area (Å²) in [5.41, 5.74) is 4.79. The van der Waals surface area contributed by atoms with Crippen molar-refractivity contribution in [3.63, 3.8) is 0 Å². The van der Waals surface area contributed by atoms with Crippen molar-refractivity contribution < 1.29 is 19.1 Å². The molecule has 1 aromatic carbocycles. The summed E-state index contributed by atoms with van der Waals surface area (Å²) in [6.45, 7) is 0.205. The number of carboxylic acid groups (broad SMARTS) is 1. The van der Waals surface area contributed by atoms with Gasteiger partial charge in [0.05, 0.1) is 16.7 Å². The Morgan fingerprint density at radius 2 is 2.11 bits per heavy atom. The predicted octanol–water partition coefficient (Wildman–Crippen LogP) is 1.59. The molecule has 2 rings (SSSR count). The summed E-state index contributed by atoms with van der Waals surface area (Å²) in [7, 11) is 0. The van der Waals surface area contributed by atoms with E-state index in [1.807, 2.05) is 0 Å². The number of hydrogen-bond donors (Lipinski definition) is 3. The molecule has 0 heterocycles. The molecule has 0 bridgehead atoms. The van der Waals surface area contributed by atoms with Gasteiger partial charge in [-0.25, -0.2) is 9.18 Å². The first-order valence-electron chi connectivity index (χ1n) is 6.03. The smallest absolute Gasteiger partial charge is 0.337 e. The summed E-state index contributed by atoms with van der Waals surface area (Å²) >= 11 is 0. The lowest BCUT2D eigenvalue weighted by molar-refractivity contribution is -0.129. The Kier molecular flexibility index (Phi) is 3.53. The average Bonchev–Trinajstić information content (AvgIpc) is 2.27. The molecule has 6 heteroatoms. The van der Waals surface area contributed by atoms with Gasteiger partial charge >= 0.3 is 5.97 Å². The molecule has 1 fully saturated rings. The number of nitrogens with two attached hydrogens (primary N) is 1. The number of carbonyl (C=O) groups is 2. The second-order valence-electron chi connectivity index (χ2n) is 4.79. The molecule has 0 atom stereocenters. The maximum atomic E-state index is 13.2. The largest absolute Gasteiger partial charge is 0.478 e. The maximum Gasteiger partial charge on any atom is 0.337 e. The van der Waals surface area contributed by atoms with E-state index < -0.39 is 17.2 Å². The van der Waals surface area contributed by atoms with Crippen LogP contribution < -0.4 is 11.1 Å². The van der Waals surface area contributed by atoms with Gasteiger partial charge in [-0.3, -0.25) is 4.79 Å². The Hall–Kier alpha value is -1.95. The van der Waals surface area contributed by atoms with Crippen molar-refractivity contribution in [3.8, 4) is 0 Å². The van der Waals surface area contributed by atoms with Crippen molar-refractivity contribution in [2.75, 3.05) is 11.9 Å². The van der Waals surface area contributed by atoms with Crippen LogP contribution in [0, 0.1) is 11.2 Å². The van der Waals surface area contributed by atoms with Gasteiger partial charge in [0.2, 0.25) is 5.91 Å². The molecular formula is C13H15FN2O3. The molecule has 0 spiro atoms. The van der Waals surface area contributed by atoms with Gasteiger partial charge in [0.15, 0.2) is 0 Å². The molecule has 102 valence electrons. The SMILES string of the molecule is NCC1(C(=O)Nc2cc(F)ccc2C(=O)O)CCC1. The van der Waals surface area contributed by atoms with Crippen LogP contribution in [0.3, 0.4) is 0 Å². The van der Waals surface area contributed by atoms with E-state index >= 15 is 0 Å². The Labute approximate surface area is 109 Å². The molecule has 1 aliphatic rings. The molecule has 4 N–H and O–H groups in total. The Balaban J connectivity index is 2.25. The van der Waals surface area contributed by atoms with Crippen LogP contribution in [0.25, 0.3) is 0 Å². The molecule has 0 unspecified atom stereocenters. The zero-order chi connectivity index (χ0) is 14.0. The highest BCUT2D eigenvalue weighted by Crippen LogP contribution is 2.41. The first-order chi connectivity index (χ1) is 8.98. The highest BCUT2D eigenvalue weighted by Gasteiger charge is 2.43. The third-order valence-electron chi connectivity index (χ3n) is 3.64. The van der Waals surface area contributed by atoms with Crippen LogP contribution in [-0.2, 0) is 4.79 Å². The summed E-state index contributed by atoms with van der Waals surface area (Å²) in [4.78, 5) is 23.1. The summed E-state index contributed by atoms with van der Waals surface area (Å²) < 4.78 is 13.2. The standard InChI is InChI=1S/C13H15FN2O3/c14-8-2-3-9(11(17)18)10(6-8)16-12(19)13(7-15)4-1-5-13/h2-3,6H,1,4-5,7,15H2,(H,16,19)(H,17,18). The number of carbonyl (C=O) groups excluding carboxylic acids is 1. The Morgan fingerprint density at radius 3 is 2.58 bits per heavy atom. The van der Waals surface area contributed by atoms with E-state index in [1.54, 1.807) is 0 Å². The zero-order valence-corrected chi connectivity index (χ0v) is 10.3. The summed E-state index contributed by atoms with van der Waals surface area (Å²) in [5.74, 6) is -2.16. The third kappa shape index (κ3) is 2.44. The van der Waals surface area contributed by atoms with Gasteiger partial charge in [0.1, 0.15) is 5.82 Å². The normalized spacial score (nSPS) is 16.5. The number of halogens is 1.